The molecule has 0 unspecified atom stereocenters. The van der Waals surface area contributed by atoms with Gasteiger partial charge in [0.2, 0.25) is 5.13 Å². The summed E-state index contributed by atoms with van der Waals surface area (Å²) >= 11 is 13.4. The number of halogens is 2. The van der Waals surface area contributed by atoms with Crippen LogP contribution in [0.3, 0.4) is 0 Å². The van der Waals surface area contributed by atoms with Gasteiger partial charge in [0.1, 0.15) is 0 Å². The van der Waals surface area contributed by atoms with Crippen LogP contribution < -0.4 is 5.43 Å². The molecular formula is C19H17Cl2N3S. The highest BCUT2D eigenvalue weighted by Gasteiger charge is 2.10. The molecule has 1 heterocycles. The maximum absolute atomic E-state index is 6.00. The van der Waals surface area contributed by atoms with Gasteiger partial charge >= 0.3 is 0 Å². The van der Waals surface area contributed by atoms with Crippen molar-refractivity contribution < 1.29 is 0 Å². The van der Waals surface area contributed by atoms with Gasteiger partial charge in [0.05, 0.1) is 22.0 Å². The normalized spacial score (nSPS) is 11.2. The third-order valence-electron chi connectivity index (χ3n) is 3.75. The molecule has 25 heavy (non-hydrogen) atoms. The van der Waals surface area contributed by atoms with Crippen molar-refractivity contribution in [3.8, 4) is 11.3 Å². The number of nitrogens with zero attached hydrogens (tertiary/aromatic N) is 2. The third-order valence-corrected chi connectivity index (χ3v) is 5.24. The lowest BCUT2D eigenvalue weighted by atomic mass is 9.98. The quantitative estimate of drug-likeness (QED) is 0.408. The highest BCUT2D eigenvalue weighted by Crippen LogP contribution is 2.31. The molecule has 0 fully saturated rings. The van der Waals surface area contributed by atoms with Gasteiger partial charge in [-0.3, -0.25) is 5.43 Å². The lowest BCUT2D eigenvalue weighted by Gasteiger charge is -2.08. The summed E-state index contributed by atoms with van der Waals surface area (Å²) in [5.74, 6) is 0. The molecule has 2 aromatic carbocycles. The minimum atomic E-state index is 0.507. The molecule has 128 valence electrons. The number of thiazole rings is 1. The molecular weight excluding hydrogens is 373 g/mol. The topological polar surface area (TPSA) is 37.3 Å². The van der Waals surface area contributed by atoms with Gasteiger partial charge in [-0.05, 0) is 49.6 Å². The van der Waals surface area contributed by atoms with E-state index in [2.05, 4.69) is 48.4 Å². The molecule has 0 atom stereocenters. The first-order chi connectivity index (χ1) is 11.9. The molecule has 0 aliphatic carbocycles. The van der Waals surface area contributed by atoms with Crippen molar-refractivity contribution in [2.45, 2.75) is 20.8 Å². The first-order valence-electron chi connectivity index (χ1n) is 7.72. The van der Waals surface area contributed by atoms with Gasteiger partial charge in [-0.1, -0.05) is 47.0 Å². The Morgan fingerprint density at radius 3 is 2.44 bits per heavy atom. The number of nitrogens with one attached hydrogen (secondary N) is 1. The molecule has 1 aromatic heterocycles. The SMILES string of the molecule is Cc1cc(C)c(-c2csc(N/N=C\c3ccc(Cl)c(Cl)c3)n2)c(C)c1. The number of benzene rings is 2. The minimum absolute atomic E-state index is 0.507. The summed E-state index contributed by atoms with van der Waals surface area (Å²) in [5.41, 5.74) is 9.70. The fourth-order valence-corrected chi connectivity index (χ4v) is 3.74. The smallest absolute Gasteiger partial charge is 0.203 e. The number of aromatic nitrogens is 1. The molecule has 3 nitrogen and oxygen atoms in total. The summed E-state index contributed by atoms with van der Waals surface area (Å²) in [6, 6.07) is 9.72. The molecule has 0 bridgehead atoms. The zero-order chi connectivity index (χ0) is 18.0. The predicted molar refractivity (Wildman–Crippen MR) is 109 cm³/mol. The standard InChI is InChI=1S/C19H17Cl2N3S/c1-11-6-12(2)18(13(3)7-11)17-10-25-19(23-17)24-22-9-14-4-5-15(20)16(21)8-14/h4-10H,1-3H3,(H,23,24)/b22-9-. The monoisotopic (exact) mass is 389 g/mol. The highest BCUT2D eigenvalue weighted by atomic mass is 35.5. The van der Waals surface area contributed by atoms with Crippen LogP contribution in [0.4, 0.5) is 5.13 Å². The molecule has 0 saturated heterocycles. The van der Waals surface area contributed by atoms with Crippen molar-refractivity contribution in [3.05, 3.63) is 68.0 Å². The molecule has 1 N–H and O–H groups in total. The van der Waals surface area contributed by atoms with E-state index in [0.717, 1.165) is 16.4 Å². The zero-order valence-corrected chi connectivity index (χ0v) is 16.4. The maximum Gasteiger partial charge on any atom is 0.203 e. The van der Waals surface area contributed by atoms with Gasteiger partial charge in [-0.2, -0.15) is 5.10 Å². The Balaban J connectivity index is 1.76. The number of hydrogen-bond donors (Lipinski definition) is 1. The van der Waals surface area contributed by atoms with Crippen LogP contribution in [0.1, 0.15) is 22.3 Å². The number of hydrogen-bond acceptors (Lipinski definition) is 4. The van der Waals surface area contributed by atoms with Crippen molar-refractivity contribution in [1.82, 2.24) is 4.98 Å². The summed E-state index contributed by atoms with van der Waals surface area (Å²) in [6.07, 6.45) is 1.69. The Morgan fingerprint density at radius 2 is 1.76 bits per heavy atom. The van der Waals surface area contributed by atoms with Crippen molar-refractivity contribution in [1.29, 1.82) is 0 Å². The van der Waals surface area contributed by atoms with Crippen molar-refractivity contribution >= 4 is 45.9 Å². The highest BCUT2D eigenvalue weighted by molar-refractivity contribution is 7.14. The largest absolute Gasteiger partial charge is 0.253 e. The fourth-order valence-electron chi connectivity index (χ4n) is 2.78. The third kappa shape index (κ3) is 4.21. The van der Waals surface area contributed by atoms with Crippen LogP contribution in [0.2, 0.25) is 10.0 Å². The van der Waals surface area contributed by atoms with Crippen molar-refractivity contribution in [2.75, 3.05) is 5.43 Å². The minimum Gasteiger partial charge on any atom is -0.253 e. The van der Waals surface area contributed by atoms with Crippen LogP contribution >= 0.6 is 34.5 Å². The number of anilines is 1. The maximum atomic E-state index is 6.00. The van der Waals surface area contributed by atoms with Crippen LogP contribution in [0, 0.1) is 20.8 Å². The number of aryl methyl sites for hydroxylation is 3. The second kappa shape index (κ2) is 7.56. The van der Waals surface area contributed by atoms with Gasteiger partial charge < -0.3 is 0 Å². The van der Waals surface area contributed by atoms with E-state index in [0.29, 0.717) is 10.0 Å². The molecule has 0 spiro atoms. The van der Waals surface area contributed by atoms with Gasteiger partial charge in [0.15, 0.2) is 0 Å². The predicted octanol–water partition coefficient (Wildman–Crippen LogP) is 6.49. The van der Waals surface area contributed by atoms with Gasteiger partial charge in [-0.15, -0.1) is 11.3 Å². The lowest BCUT2D eigenvalue weighted by Crippen LogP contribution is -1.92. The molecule has 0 aliphatic heterocycles. The van der Waals surface area contributed by atoms with E-state index < -0.39 is 0 Å². The first kappa shape index (κ1) is 17.9. The molecule has 0 aliphatic rings. The Kier molecular flexibility index (Phi) is 5.42. The molecule has 3 rings (SSSR count). The fraction of sp³-hybridized carbons (Fsp3) is 0.158. The molecule has 0 amide bonds. The molecule has 0 radical (unpaired) electrons. The molecule has 3 aromatic rings. The lowest BCUT2D eigenvalue weighted by molar-refractivity contribution is 1.26. The Labute approximate surface area is 161 Å². The van der Waals surface area contributed by atoms with Gasteiger partial charge in [-0.25, -0.2) is 4.98 Å². The van der Waals surface area contributed by atoms with E-state index in [1.165, 1.54) is 33.6 Å². The molecule has 0 saturated carbocycles. The first-order valence-corrected chi connectivity index (χ1v) is 9.35. The summed E-state index contributed by atoms with van der Waals surface area (Å²) in [7, 11) is 0. The van der Waals surface area contributed by atoms with Gasteiger partial charge in [0, 0.05) is 10.9 Å². The van der Waals surface area contributed by atoms with E-state index in [9.17, 15) is 0 Å². The van der Waals surface area contributed by atoms with E-state index in [-0.39, 0.29) is 0 Å². The second-order valence-corrected chi connectivity index (χ2v) is 7.53. The van der Waals surface area contributed by atoms with Crippen LogP contribution in [0.15, 0.2) is 40.8 Å². The zero-order valence-electron chi connectivity index (χ0n) is 14.1. The van der Waals surface area contributed by atoms with Crippen LogP contribution in [0.25, 0.3) is 11.3 Å². The van der Waals surface area contributed by atoms with Crippen LogP contribution in [0.5, 0.6) is 0 Å². The summed E-state index contributed by atoms with van der Waals surface area (Å²) in [5, 5.41) is 8.04. The van der Waals surface area contributed by atoms with E-state index in [4.69, 9.17) is 23.2 Å². The average Bonchev–Trinajstić information content (AvgIpc) is 2.98. The van der Waals surface area contributed by atoms with E-state index >= 15 is 0 Å². The molecule has 6 heteroatoms. The number of rotatable bonds is 4. The Bertz CT molecular complexity index is 925. The van der Waals surface area contributed by atoms with E-state index in [1.54, 1.807) is 18.3 Å². The number of hydrazone groups is 1. The summed E-state index contributed by atoms with van der Waals surface area (Å²) < 4.78 is 0. The van der Waals surface area contributed by atoms with E-state index in [1.807, 2.05) is 11.4 Å². The van der Waals surface area contributed by atoms with Gasteiger partial charge in [0.25, 0.3) is 0 Å². The van der Waals surface area contributed by atoms with Crippen LogP contribution in [-0.4, -0.2) is 11.2 Å². The Morgan fingerprint density at radius 1 is 1.04 bits per heavy atom. The van der Waals surface area contributed by atoms with Crippen molar-refractivity contribution in [2.24, 2.45) is 5.10 Å². The second-order valence-electron chi connectivity index (χ2n) is 5.86. The average molecular weight is 390 g/mol. The summed E-state index contributed by atoms with van der Waals surface area (Å²) in [4.78, 5) is 4.64. The summed E-state index contributed by atoms with van der Waals surface area (Å²) in [6.45, 7) is 6.34. The Hall–Kier alpha value is -1.88. The van der Waals surface area contributed by atoms with Crippen LogP contribution in [-0.2, 0) is 0 Å². The van der Waals surface area contributed by atoms with Crippen molar-refractivity contribution in [3.63, 3.8) is 0 Å².